The van der Waals surface area contributed by atoms with Gasteiger partial charge >= 0.3 is 5.63 Å². The summed E-state index contributed by atoms with van der Waals surface area (Å²) in [6.45, 7) is 3.13. The lowest BCUT2D eigenvalue weighted by molar-refractivity contribution is 0.0769. The van der Waals surface area contributed by atoms with Crippen LogP contribution in [0.4, 0.5) is 0 Å². The van der Waals surface area contributed by atoms with Crippen LogP contribution in [-0.4, -0.2) is 28.9 Å². The number of rotatable bonds is 2. The second-order valence-corrected chi connectivity index (χ2v) is 7.42. The molecule has 0 saturated carbocycles. The summed E-state index contributed by atoms with van der Waals surface area (Å²) in [5.74, 6) is -0.283. The van der Waals surface area contributed by atoms with Crippen LogP contribution in [0.1, 0.15) is 27.9 Å². The summed E-state index contributed by atoms with van der Waals surface area (Å²) >= 11 is 0. The number of carbonyl (C=O) groups is 1. The average molecular weight is 384 g/mol. The lowest BCUT2D eigenvalue weighted by Gasteiger charge is -2.26. The molecule has 0 atom stereocenters. The van der Waals surface area contributed by atoms with Gasteiger partial charge in [-0.05, 0) is 36.6 Å². The number of hydrogen-bond acceptors (Lipinski definition) is 3. The van der Waals surface area contributed by atoms with Crippen LogP contribution in [0.3, 0.4) is 0 Å². The number of nitrogens with zero attached hydrogens (tertiary/aromatic N) is 1. The Kier molecular flexibility index (Phi) is 4.09. The van der Waals surface area contributed by atoms with E-state index in [0.717, 1.165) is 17.3 Å². The van der Waals surface area contributed by atoms with E-state index in [4.69, 9.17) is 4.42 Å². The Bertz CT molecular complexity index is 1340. The van der Waals surface area contributed by atoms with Crippen LogP contribution < -0.4 is 5.63 Å². The molecule has 29 heavy (non-hydrogen) atoms. The largest absolute Gasteiger partial charge is 0.422 e. The summed E-state index contributed by atoms with van der Waals surface area (Å²) < 4.78 is 5.32. The molecule has 2 aromatic heterocycles. The maximum atomic E-state index is 12.9. The molecule has 5 heteroatoms. The molecule has 3 heterocycles. The van der Waals surface area contributed by atoms with Gasteiger partial charge in [0, 0.05) is 41.1 Å². The fourth-order valence-electron chi connectivity index (χ4n) is 4.05. The standard InChI is InChI=1S/C24H20N2O3/c1-15-5-4-7-18-20(14-25-22(15)18)16-9-11-26(12-10-16)23(27)19-13-17-6-2-3-8-21(17)29-24(19)28/h2-9,13-14,25H,10-12H2,1H3. The van der Waals surface area contributed by atoms with Gasteiger partial charge in [0.2, 0.25) is 0 Å². The highest BCUT2D eigenvalue weighted by Gasteiger charge is 2.23. The molecule has 0 bridgehead atoms. The number of fused-ring (bicyclic) bond motifs is 2. The molecule has 5 nitrogen and oxygen atoms in total. The van der Waals surface area contributed by atoms with Gasteiger partial charge in [0.05, 0.1) is 0 Å². The van der Waals surface area contributed by atoms with E-state index < -0.39 is 5.63 Å². The molecule has 4 aromatic rings. The van der Waals surface area contributed by atoms with Crippen molar-refractivity contribution in [3.05, 3.63) is 87.9 Å². The summed E-state index contributed by atoms with van der Waals surface area (Å²) in [7, 11) is 0. The number of amides is 1. The number of hydrogen-bond donors (Lipinski definition) is 1. The van der Waals surface area contributed by atoms with Crippen molar-refractivity contribution in [3.63, 3.8) is 0 Å². The molecule has 2 aromatic carbocycles. The lowest BCUT2D eigenvalue weighted by Crippen LogP contribution is -2.37. The molecule has 0 unspecified atom stereocenters. The van der Waals surface area contributed by atoms with Crippen LogP contribution in [0.2, 0.25) is 0 Å². The third-order valence-electron chi connectivity index (χ3n) is 5.64. The van der Waals surface area contributed by atoms with Crippen molar-refractivity contribution in [2.45, 2.75) is 13.3 Å². The molecule has 0 saturated heterocycles. The number of carbonyl (C=O) groups excluding carboxylic acids is 1. The van der Waals surface area contributed by atoms with E-state index in [0.29, 0.717) is 18.7 Å². The Morgan fingerprint density at radius 2 is 2.00 bits per heavy atom. The molecule has 0 radical (unpaired) electrons. The van der Waals surface area contributed by atoms with E-state index in [1.807, 2.05) is 18.3 Å². The van der Waals surface area contributed by atoms with Crippen molar-refractivity contribution >= 4 is 33.4 Å². The van der Waals surface area contributed by atoms with Gasteiger partial charge in [-0.2, -0.15) is 0 Å². The van der Waals surface area contributed by atoms with Crippen molar-refractivity contribution < 1.29 is 9.21 Å². The van der Waals surface area contributed by atoms with E-state index in [-0.39, 0.29) is 11.5 Å². The van der Waals surface area contributed by atoms with Gasteiger partial charge < -0.3 is 14.3 Å². The van der Waals surface area contributed by atoms with Gasteiger partial charge in [0.15, 0.2) is 0 Å². The van der Waals surface area contributed by atoms with E-state index in [2.05, 4.69) is 36.2 Å². The predicted molar refractivity (Wildman–Crippen MR) is 114 cm³/mol. The number of benzene rings is 2. The number of para-hydroxylation sites is 2. The molecule has 1 aliphatic rings. The molecular weight excluding hydrogens is 364 g/mol. The number of nitrogens with one attached hydrogen (secondary N) is 1. The molecule has 1 amide bonds. The molecule has 1 N–H and O–H groups in total. The highest BCUT2D eigenvalue weighted by atomic mass is 16.4. The van der Waals surface area contributed by atoms with Crippen molar-refractivity contribution in [2.24, 2.45) is 0 Å². The summed E-state index contributed by atoms with van der Waals surface area (Å²) in [6, 6.07) is 15.1. The minimum absolute atomic E-state index is 0.0864. The third-order valence-corrected chi connectivity index (χ3v) is 5.64. The van der Waals surface area contributed by atoms with Gasteiger partial charge in [-0.3, -0.25) is 4.79 Å². The molecule has 5 rings (SSSR count). The van der Waals surface area contributed by atoms with Crippen LogP contribution in [0.5, 0.6) is 0 Å². The van der Waals surface area contributed by atoms with Crippen molar-refractivity contribution in [2.75, 3.05) is 13.1 Å². The first-order chi connectivity index (χ1) is 14.1. The lowest BCUT2D eigenvalue weighted by atomic mass is 9.98. The van der Waals surface area contributed by atoms with Crippen molar-refractivity contribution in [1.29, 1.82) is 0 Å². The minimum atomic E-state index is -0.587. The molecule has 0 aliphatic carbocycles. The van der Waals surface area contributed by atoms with Gasteiger partial charge in [-0.15, -0.1) is 0 Å². The second-order valence-electron chi connectivity index (χ2n) is 7.42. The maximum Gasteiger partial charge on any atom is 0.349 e. The SMILES string of the molecule is Cc1cccc2c(C3=CCN(C(=O)c4cc5ccccc5oc4=O)CC3)c[nH]c12. The topological polar surface area (TPSA) is 66.3 Å². The first kappa shape index (κ1) is 17.5. The van der Waals surface area contributed by atoms with Crippen LogP contribution in [0.15, 0.2) is 70.0 Å². The van der Waals surface area contributed by atoms with Gasteiger partial charge in [-0.1, -0.05) is 42.5 Å². The fourth-order valence-corrected chi connectivity index (χ4v) is 4.05. The van der Waals surface area contributed by atoms with Crippen LogP contribution in [0.25, 0.3) is 27.4 Å². The second kappa shape index (κ2) is 6.78. The molecule has 0 fully saturated rings. The third kappa shape index (κ3) is 2.95. The zero-order valence-corrected chi connectivity index (χ0v) is 16.1. The summed E-state index contributed by atoms with van der Waals surface area (Å²) in [5.41, 5.74) is 4.75. The van der Waals surface area contributed by atoms with E-state index in [1.165, 1.54) is 22.1 Å². The normalized spacial score (nSPS) is 14.4. The monoisotopic (exact) mass is 384 g/mol. The highest BCUT2D eigenvalue weighted by Crippen LogP contribution is 2.30. The Labute approximate surface area is 167 Å². The Morgan fingerprint density at radius 1 is 1.14 bits per heavy atom. The van der Waals surface area contributed by atoms with Crippen LogP contribution in [-0.2, 0) is 0 Å². The zero-order chi connectivity index (χ0) is 20.0. The average Bonchev–Trinajstić information content (AvgIpc) is 3.18. The number of aryl methyl sites for hydroxylation is 1. The van der Waals surface area contributed by atoms with E-state index in [9.17, 15) is 9.59 Å². The summed E-state index contributed by atoms with van der Waals surface area (Å²) in [4.78, 5) is 30.3. The van der Waals surface area contributed by atoms with Crippen molar-refractivity contribution in [3.8, 4) is 0 Å². The van der Waals surface area contributed by atoms with E-state index in [1.54, 1.807) is 23.1 Å². The Balaban J connectivity index is 1.43. The van der Waals surface area contributed by atoms with Crippen LogP contribution in [0, 0.1) is 6.92 Å². The first-order valence-corrected chi connectivity index (χ1v) is 9.70. The van der Waals surface area contributed by atoms with Gasteiger partial charge in [0.25, 0.3) is 5.91 Å². The highest BCUT2D eigenvalue weighted by molar-refractivity contribution is 5.98. The van der Waals surface area contributed by atoms with E-state index >= 15 is 0 Å². The molecular formula is C24H20N2O3. The summed E-state index contributed by atoms with van der Waals surface area (Å²) in [6.07, 6.45) is 4.86. The fraction of sp³-hybridized carbons (Fsp3) is 0.167. The Hall–Kier alpha value is -3.60. The first-order valence-electron chi connectivity index (χ1n) is 9.70. The van der Waals surface area contributed by atoms with Gasteiger partial charge in [0.1, 0.15) is 11.1 Å². The van der Waals surface area contributed by atoms with Crippen molar-refractivity contribution in [1.82, 2.24) is 9.88 Å². The Morgan fingerprint density at radius 3 is 2.83 bits per heavy atom. The summed E-state index contributed by atoms with van der Waals surface area (Å²) in [5, 5.41) is 1.95. The maximum absolute atomic E-state index is 12.9. The smallest absolute Gasteiger partial charge is 0.349 e. The number of H-pyrrole nitrogens is 1. The molecule has 0 spiro atoms. The van der Waals surface area contributed by atoms with Gasteiger partial charge in [-0.25, -0.2) is 4.79 Å². The number of aromatic nitrogens is 1. The van der Waals surface area contributed by atoms with Crippen LogP contribution >= 0.6 is 0 Å². The molecule has 1 aliphatic heterocycles. The molecule has 144 valence electrons. The zero-order valence-electron chi connectivity index (χ0n) is 16.1. The predicted octanol–water partition coefficient (Wildman–Crippen LogP) is 4.51. The minimum Gasteiger partial charge on any atom is -0.422 e. The quantitative estimate of drug-likeness (QED) is 0.517. The number of aromatic amines is 1.